The molecule has 0 atom stereocenters. The van der Waals surface area contributed by atoms with E-state index in [9.17, 15) is 14.4 Å². The molecule has 6 rings (SSSR count). The second-order valence-electron chi connectivity index (χ2n) is 14.4. The predicted molar refractivity (Wildman–Crippen MR) is 180 cm³/mol. The molecule has 1 aliphatic heterocycles. The summed E-state index contributed by atoms with van der Waals surface area (Å²) in [5, 5.41) is 3.00. The number of rotatable bonds is 7. The van der Waals surface area contributed by atoms with Gasteiger partial charge in [-0.05, 0) is 88.1 Å². The van der Waals surface area contributed by atoms with Gasteiger partial charge in [-0.15, -0.1) is 0 Å². The lowest BCUT2D eigenvalue weighted by atomic mass is 9.71. The minimum Gasteiger partial charge on any atom is -0.488 e. The third-order valence-corrected chi connectivity index (χ3v) is 9.28. The Morgan fingerprint density at radius 1 is 1.02 bits per heavy atom. The quantitative estimate of drug-likeness (QED) is 0.320. The molecule has 11 nitrogen and oxygen atoms in total. The topological polar surface area (TPSA) is 140 Å². The maximum atomic E-state index is 13.1. The number of ether oxygens (including phenoxy) is 2. The molecule has 1 aromatic heterocycles. The highest BCUT2D eigenvalue weighted by Crippen LogP contribution is 2.49. The SMILES string of the molecule is CN(CCN1C(=O)c2ccccc2C1=O)c1c(OC2CCC(NC(=O)OC(C)(C)C)CC2)ccc2c1CC(C)(C)c1c(N)ncnc1-2. The fourth-order valence-electron chi connectivity index (χ4n) is 7.11. The number of alkyl carbamates (subject to hydrolysis) is 1. The Morgan fingerprint density at radius 2 is 1.68 bits per heavy atom. The molecule has 3 amide bonds. The number of aromatic nitrogens is 2. The molecule has 0 saturated heterocycles. The van der Waals surface area contributed by atoms with Gasteiger partial charge in [0.2, 0.25) is 0 Å². The van der Waals surface area contributed by atoms with Crippen LogP contribution in [0.1, 0.15) is 92.1 Å². The van der Waals surface area contributed by atoms with Gasteiger partial charge < -0.3 is 25.4 Å². The van der Waals surface area contributed by atoms with E-state index in [1.807, 2.05) is 40.0 Å². The van der Waals surface area contributed by atoms with E-state index in [0.717, 1.165) is 59.5 Å². The van der Waals surface area contributed by atoms with E-state index in [1.165, 1.54) is 11.2 Å². The van der Waals surface area contributed by atoms with Gasteiger partial charge >= 0.3 is 6.09 Å². The maximum Gasteiger partial charge on any atom is 0.407 e. The second-order valence-corrected chi connectivity index (χ2v) is 14.4. The molecule has 0 unspecified atom stereocenters. The number of carbonyl (C=O) groups excluding carboxylic acids is 3. The molecule has 248 valence electrons. The summed E-state index contributed by atoms with van der Waals surface area (Å²) in [4.78, 5) is 51.0. The molecule has 3 N–H and O–H groups in total. The van der Waals surface area contributed by atoms with Crippen molar-refractivity contribution in [1.29, 1.82) is 0 Å². The second kappa shape index (κ2) is 12.2. The van der Waals surface area contributed by atoms with Gasteiger partial charge in [0.05, 0.1) is 28.6 Å². The van der Waals surface area contributed by atoms with E-state index >= 15 is 0 Å². The van der Waals surface area contributed by atoms with Crippen LogP contribution in [0, 0.1) is 0 Å². The smallest absolute Gasteiger partial charge is 0.407 e. The molecule has 0 radical (unpaired) electrons. The van der Waals surface area contributed by atoms with Crippen molar-refractivity contribution in [2.45, 2.75) is 89.9 Å². The third kappa shape index (κ3) is 6.35. The van der Waals surface area contributed by atoms with Gasteiger partial charge in [-0.2, -0.15) is 0 Å². The van der Waals surface area contributed by atoms with E-state index in [1.54, 1.807) is 24.3 Å². The number of fused-ring (bicyclic) bond motifs is 4. The zero-order valence-electron chi connectivity index (χ0n) is 28.1. The van der Waals surface area contributed by atoms with Crippen molar-refractivity contribution in [3.8, 4) is 17.0 Å². The Hall–Kier alpha value is -4.67. The number of amides is 3. The first-order valence-corrected chi connectivity index (χ1v) is 16.3. The van der Waals surface area contributed by atoms with Gasteiger partial charge in [0, 0.05) is 37.3 Å². The van der Waals surface area contributed by atoms with Gasteiger partial charge in [-0.25, -0.2) is 14.8 Å². The number of hydrogen-bond donors (Lipinski definition) is 2. The number of anilines is 2. The third-order valence-electron chi connectivity index (χ3n) is 9.28. The van der Waals surface area contributed by atoms with Crippen molar-refractivity contribution in [1.82, 2.24) is 20.2 Å². The van der Waals surface area contributed by atoms with E-state index in [2.05, 4.69) is 34.0 Å². The highest BCUT2D eigenvalue weighted by Gasteiger charge is 2.39. The molecular weight excluding hydrogens is 596 g/mol. The van der Waals surface area contributed by atoms with Gasteiger partial charge in [0.25, 0.3) is 11.8 Å². The van der Waals surface area contributed by atoms with Gasteiger partial charge in [0.15, 0.2) is 0 Å². The monoisotopic (exact) mass is 640 g/mol. The largest absolute Gasteiger partial charge is 0.488 e. The van der Waals surface area contributed by atoms with E-state index in [-0.39, 0.29) is 35.9 Å². The molecule has 0 bridgehead atoms. The lowest BCUT2D eigenvalue weighted by molar-refractivity contribution is 0.0470. The molecular formula is C36H44N6O5. The van der Waals surface area contributed by atoms with Gasteiger partial charge in [0.1, 0.15) is 23.5 Å². The van der Waals surface area contributed by atoms with Crippen molar-refractivity contribution in [2.75, 3.05) is 30.8 Å². The van der Waals surface area contributed by atoms with Gasteiger partial charge in [-0.3, -0.25) is 14.5 Å². The van der Waals surface area contributed by atoms with Crippen LogP contribution < -0.4 is 20.7 Å². The zero-order valence-corrected chi connectivity index (χ0v) is 28.1. The van der Waals surface area contributed by atoms with Gasteiger partial charge in [-0.1, -0.05) is 26.0 Å². The summed E-state index contributed by atoms with van der Waals surface area (Å²) in [6, 6.07) is 11.0. The highest BCUT2D eigenvalue weighted by atomic mass is 16.6. The fraction of sp³-hybridized carbons (Fsp3) is 0.472. The molecule has 0 spiro atoms. The first kappa shape index (κ1) is 32.3. The summed E-state index contributed by atoms with van der Waals surface area (Å²) in [6.07, 6.45) is 4.82. The Balaban J connectivity index is 1.26. The van der Waals surface area contributed by atoms with Crippen LogP contribution in [0.2, 0.25) is 0 Å². The van der Waals surface area contributed by atoms with Crippen LogP contribution in [0.15, 0.2) is 42.7 Å². The summed E-state index contributed by atoms with van der Waals surface area (Å²) in [5.41, 5.74) is 11.0. The number of benzene rings is 2. The van der Waals surface area contributed by atoms with Crippen molar-refractivity contribution >= 4 is 29.4 Å². The average molecular weight is 641 g/mol. The van der Waals surface area contributed by atoms with Crippen molar-refractivity contribution in [3.63, 3.8) is 0 Å². The number of nitrogens with two attached hydrogens (primary N) is 1. The highest BCUT2D eigenvalue weighted by molar-refractivity contribution is 6.21. The normalized spacial score (nSPS) is 19.8. The summed E-state index contributed by atoms with van der Waals surface area (Å²) in [5.74, 6) is 0.663. The van der Waals surface area contributed by atoms with Crippen LogP contribution in [0.25, 0.3) is 11.3 Å². The Kier molecular flexibility index (Phi) is 8.36. The fourth-order valence-corrected chi connectivity index (χ4v) is 7.11. The standard InChI is InChI=1S/C36H44N6O5/c1-35(2,3)47-34(45)40-21-11-13-22(14-12-21)46-27-16-15-23-26(19-36(4,5)28-29(23)38-20-39-31(28)37)30(27)41(6)17-18-42-32(43)24-9-7-8-10-25(24)33(42)44/h7-10,15-16,20-22H,11-14,17-19H2,1-6H3,(H,40,45)(H2,37,38,39). The van der Waals surface area contributed by atoms with Crippen LogP contribution >= 0.6 is 0 Å². The first-order valence-electron chi connectivity index (χ1n) is 16.3. The number of imide groups is 1. The lowest BCUT2D eigenvalue weighted by Gasteiger charge is -2.38. The maximum absolute atomic E-state index is 13.1. The molecule has 3 aliphatic rings. The van der Waals surface area contributed by atoms with Crippen LogP contribution in [-0.2, 0) is 16.6 Å². The molecule has 2 heterocycles. The number of nitrogens with one attached hydrogen (secondary N) is 1. The molecule has 1 saturated carbocycles. The number of carbonyl (C=O) groups is 3. The average Bonchev–Trinajstić information content (AvgIpc) is 3.24. The van der Waals surface area contributed by atoms with Crippen LogP contribution in [-0.4, -0.2) is 70.7 Å². The number of nitrogens with zero attached hydrogens (tertiary/aromatic N) is 4. The van der Waals surface area contributed by atoms with Crippen molar-refractivity contribution in [3.05, 3.63) is 65.0 Å². The molecule has 11 heteroatoms. The molecule has 2 aliphatic carbocycles. The lowest BCUT2D eigenvalue weighted by Crippen LogP contribution is -2.42. The van der Waals surface area contributed by atoms with E-state index in [0.29, 0.717) is 29.9 Å². The summed E-state index contributed by atoms with van der Waals surface area (Å²) in [7, 11) is 1.97. The molecule has 1 fully saturated rings. The minimum atomic E-state index is -0.550. The molecule has 2 aromatic carbocycles. The Morgan fingerprint density at radius 3 is 2.32 bits per heavy atom. The first-order chi connectivity index (χ1) is 22.2. The Labute approximate surface area is 275 Å². The number of likely N-dealkylation sites (N-methyl/N-ethyl adjacent to an activating group) is 1. The zero-order chi connectivity index (χ0) is 33.7. The van der Waals surface area contributed by atoms with Crippen LogP contribution in [0.4, 0.5) is 16.3 Å². The Bertz CT molecular complexity index is 1690. The predicted octanol–water partition coefficient (Wildman–Crippen LogP) is 5.51. The van der Waals surface area contributed by atoms with E-state index in [4.69, 9.17) is 15.2 Å². The van der Waals surface area contributed by atoms with Crippen molar-refractivity contribution in [2.24, 2.45) is 0 Å². The number of hydrogen-bond acceptors (Lipinski definition) is 9. The number of nitrogen functional groups attached to an aromatic ring is 1. The summed E-state index contributed by atoms with van der Waals surface area (Å²) in [6.45, 7) is 10.5. The molecule has 47 heavy (non-hydrogen) atoms. The minimum absolute atomic E-state index is 0.0254. The summed E-state index contributed by atoms with van der Waals surface area (Å²) >= 11 is 0. The molecule has 3 aromatic rings. The van der Waals surface area contributed by atoms with E-state index < -0.39 is 11.7 Å². The summed E-state index contributed by atoms with van der Waals surface area (Å²) < 4.78 is 12.2. The van der Waals surface area contributed by atoms with Crippen LogP contribution in [0.5, 0.6) is 5.75 Å². The van der Waals surface area contributed by atoms with Crippen molar-refractivity contribution < 1.29 is 23.9 Å². The van der Waals surface area contributed by atoms with Crippen LogP contribution in [0.3, 0.4) is 0 Å².